The summed E-state index contributed by atoms with van der Waals surface area (Å²) in [5.41, 5.74) is 0.700. The first kappa shape index (κ1) is 16.9. The number of halogens is 1. The Morgan fingerprint density at radius 3 is 2.33 bits per heavy atom. The number of pyridine rings is 1. The third kappa shape index (κ3) is 3.01. The highest BCUT2D eigenvalue weighted by molar-refractivity contribution is 6.54. The van der Waals surface area contributed by atoms with E-state index in [-0.39, 0.29) is 0 Å². The molecule has 0 bridgehead atoms. The van der Waals surface area contributed by atoms with E-state index >= 15 is 0 Å². The second kappa shape index (κ2) is 5.83. The van der Waals surface area contributed by atoms with Crippen molar-refractivity contribution in [3.63, 3.8) is 0 Å². The number of aryl methyl sites for hydroxylation is 1. The molecule has 0 N–H and O–H groups in total. The van der Waals surface area contributed by atoms with Gasteiger partial charge in [-0.1, -0.05) is 0 Å². The summed E-state index contributed by atoms with van der Waals surface area (Å²) in [6.45, 7) is 7.58. The van der Waals surface area contributed by atoms with Gasteiger partial charge in [-0.25, -0.2) is 4.39 Å². The molecule has 0 atom stereocenters. The Labute approximate surface area is 141 Å². The lowest BCUT2D eigenvalue weighted by Gasteiger charge is -2.32. The molecule has 0 aliphatic carbocycles. The molecule has 1 aliphatic heterocycles. The van der Waals surface area contributed by atoms with Crippen LogP contribution in [0.15, 0.2) is 36.3 Å². The predicted molar refractivity (Wildman–Crippen MR) is 91.6 cm³/mol. The summed E-state index contributed by atoms with van der Waals surface area (Å²) in [6, 6.07) is 5.54. The third-order valence-corrected chi connectivity index (χ3v) is 4.66. The zero-order valence-corrected chi connectivity index (χ0v) is 14.6. The van der Waals surface area contributed by atoms with Gasteiger partial charge < -0.3 is 9.31 Å². The molecule has 7 heteroatoms. The average molecular weight is 329 g/mol. The minimum absolute atomic E-state index is 0.474. The van der Waals surface area contributed by atoms with Gasteiger partial charge in [0.2, 0.25) is 0 Å². The third-order valence-electron chi connectivity index (χ3n) is 4.66. The molecule has 0 unspecified atom stereocenters. The lowest BCUT2D eigenvalue weighted by Crippen LogP contribution is -2.41. The molecule has 0 spiro atoms. The highest BCUT2D eigenvalue weighted by atomic mass is 19.1. The fraction of sp³-hybridized carbons (Fsp3) is 0.412. The molecule has 0 aromatic carbocycles. The van der Waals surface area contributed by atoms with Crippen LogP contribution in [0.3, 0.4) is 0 Å². The fourth-order valence-electron chi connectivity index (χ4n) is 2.45. The zero-order chi connectivity index (χ0) is 17.5. The predicted octanol–water partition coefficient (Wildman–Crippen LogP) is 3.42. The number of aromatic nitrogens is 3. The van der Waals surface area contributed by atoms with E-state index in [2.05, 4.69) is 10.1 Å². The van der Waals surface area contributed by atoms with Crippen LogP contribution in [0.4, 0.5) is 4.39 Å². The van der Waals surface area contributed by atoms with Gasteiger partial charge in [-0.15, -0.1) is 0 Å². The van der Waals surface area contributed by atoms with E-state index in [0.717, 1.165) is 11.3 Å². The molecule has 5 nitrogen and oxygen atoms in total. The molecule has 1 fully saturated rings. The molecule has 0 saturated carbocycles. The van der Waals surface area contributed by atoms with Crippen LogP contribution in [0, 0.1) is 0 Å². The van der Waals surface area contributed by atoms with Crippen molar-refractivity contribution < 1.29 is 13.7 Å². The maximum atomic E-state index is 14.6. The quantitative estimate of drug-likeness (QED) is 0.810. The summed E-state index contributed by atoms with van der Waals surface area (Å²) >= 11 is 0. The van der Waals surface area contributed by atoms with E-state index in [9.17, 15) is 4.39 Å². The summed E-state index contributed by atoms with van der Waals surface area (Å²) in [5, 5.41) is 4.41. The normalized spacial score (nSPS) is 19.8. The summed E-state index contributed by atoms with van der Waals surface area (Å²) in [6.07, 6.45) is 4.80. The lowest BCUT2D eigenvalue weighted by molar-refractivity contribution is 0.00578. The first-order chi connectivity index (χ1) is 11.2. The van der Waals surface area contributed by atoms with Gasteiger partial charge in [-0.3, -0.25) is 9.67 Å². The summed E-state index contributed by atoms with van der Waals surface area (Å²) in [5.74, 6) is 0. The van der Waals surface area contributed by atoms with E-state index in [1.807, 2.05) is 45.9 Å². The van der Waals surface area contributed by atoms with Crippen molar-refractivity contribution in [2.75, 3.05) is 0 Å². The van der Waals surface area contributed by atoms with Crippen molar-refractivity contribution in [2.45, 2.75) is 38.9 Å². The first-order valence-corrected chi connectivity index (χ1v) is 7.87. The Balaban J connectivity index is 1.86. The maximum Gasteiger partial charge on any atom is 0.525 e. The highest BCUT2D eigenvalue weighted by Crippen LogP contribution is 2.39. The number of nitrogens with zero attached hydrogens (tertiary/aromatic N) is 3. The van der Waals surface area contributed by atoms with Gasteiger partial charge in [0.05, 0.1) is 22.6 Å². The topological polar surface area (TPSA) is 49.2 Å². The van der Waals surface area contributed by atoms with E-state index in [1.165, 1.54) is 6.08 Å². The number of hydrogen-bond donors (Lipinski definition) is 0. The van der Waals surface area contributed by atoms with Crippen molar-refractivity contribution in [1.82, 2.24) is 14.8 Å². The van der Waals surface area contributed by atoms with Crippen molar-refractivity contribution in [3.05, 3.63) is 42.0 Å². The lowest BCUT2D eigenvalue weighted by atomic mass is 9.87. The average Bonchev–Trinajstić information content (AvgIpc) is 2.97. The molecule has 126 valence electrons. The van der Waals surface area contributed by atoms with E-state index in [4.69, 9.17) is 9.31 Å². The van der Waals surface area contributed by atoms with Crippen LogP contribution in [0.5, 0.6) is 0 Å². The molecule has 24 heavy (non-hydrogen) atoms. The smallest absolute Gasteiger partial charge is 0.398 e. The monoisotopic (exact) mass is 329 g/mol. The van der Waals surface area contributed by atoms with Crippen molar-refractivity contribution in [1.29, 1.82) is 0 Å². The number of hydrogen-bond acceptors (Lipinski definition) is 4. The van der Waals surface area contributed by atoms with Gasteiger partial charge in [0.25, 0.3) is 0 Å². The van der Waals surface area contributed by atoms with Crippen molar-refractivity contribution in [2.24, 2.45) is 7.05 Å². The minimum Gasteiger partial charge on any atom is -0.398 e. The Hall–Kier alpha value is -1.99. The van der Waals surface area contributed by atoms with Gasteiger partial charge in [0, 0.05) is 25.0 Å². The van der Waals surface area contributed by atoms with Gasteiger partial charge in [0.1, 0.15) is 5.73 Å². The van der Waals surface area contributed by atoms with Gasteiger partial charge in [-0.2, -0.15) is 5.10 Å². The zero-order valence-electron chi connectivity index (χ0n) is 14.6. The van der Waals surface area contributed by atoms with Crippen LogP contribution in [0.2, 0.25) is 0 Å². The van der Waals surface area contributed by atoms with Crippen molar-refractivity contribution >= 4 is 13.2 Å². The van der Waals surface area contributed by atoms with Crippen LogP contribution in [-0.4, -0.2) is 33.1 Å². The summed E-state index contributed by atoms with van der Waals surface area (Å²) < 4.78 is 27.7. The molecule has 1 aliphatic rings. The minimum atomic E-state index is -1.01. The fourth-order valence-corrected chi connectivity index (χ4v) is 2.45. The molecule has 3 heterocycles. The first-order valence-electron chi connectivity index (χ1n) is 7.87. The molecule has 3 rings (SSSR count). The molecule has 2 aromatic rings. The molecular formula is C17H21BFN3O2. The second-order valence-electron chi connectivity index (χ2n) is 6.93. The molecule has 2 aromatic heterocycles. The standard InChI is InChI=1S/C17H21BFN3O2/c1-16(2)17(3,4)24-18(23-16)15(19)11-13-10-14(21-22(13)5)12-6-8-20-9-7-12/h6-11H,1-5H3. The molecule has 1 saturated heterocycles. The number of rotatable bonds is 3. The summed E-state index contributed by atoms with van der Waals surface area (Å²) in [4.78, 5) is 3.99. The second-order valence-corrected chi connectivity index (χ2v) is 6.93. The van der Waals surface area contributed by atoms with E-state index in [0.29, 0.717) is 5.69 Å². The SMILES string of the molecule is Cn1nc(-c2ccncc2)cc1C=C(F)B1OC(C)(C)C(C)(C)O1. The van der Waals surface area contributed by atoms with Crippen molar-refractivity contribution in [3.8, 4) is 11.3 Å². The van der Waals surface area contributed by atoms with Crippen LogP contribution in [0.1, 0.15) is 33.4 Å². The Morgan fingerprint density at radius 1 is 1.17 bits per heavy atom. The van der Waals surface area contributed by atoms with Crippen LogP contribution in [-0.2, 0) is 16.4 Å². The van der Waals surface area contributed by atoms with Crippen LogP contribution in [0.25, 0.3) is 17.3 Å². The Bertz CT molecular complexity index is 755. The Morgan fingerprint density at radius 2 is 1.75 bits per heavy atom. The van der Waals surface area contributed by atoms with E-state index in [1.54, 1.807) is 24.1 Å². The van der Waals surface area contributed by atoms with Crippen LogP contribution >= 0.6 is 0 Å². The molecular weight excluding hydrogens is 308 g/mol. The van der Waals surface area contributed by atoms with Crippen LogP contribution < -0.4 is 0 Å². The molecule has 0 amide bonds. The summed E-state index contributed by atoms with van der Waals surface area (Å²) in [7, 11) is 0.767. The van der Waals surface area contributed by atoms with Gasteiger partial charge in [-0.05, 0) is 52.0 Å². The largest absolute Gasteiger partial charge is 0.525 e. The van der Waals surface area contributed by atoms with Gasteiger partial charge in [0.15, 0.2) is 0 Å². The van der Waals surface area contributed by atoms with Gasteiger partial charge >= 0.3 is 7.12 Å². The molecule has 0 radical (unpaired) electrons. The highest BCUT2D eigenvalue weighted by Gasteiger charge is 2.53. The Kier molecular flexibility index (Phi) is 4.09. The van der Waals surface area contributed by atoms with E-state index < -0.39 is 24.0 Å². The maximum absolute atomic E-state index is 14.6.